The SMILES string of the molecule is CCc1cc(NCc2cccc(OCC(N)=O)c2)nc(C)n1. The maximum Gasteiger partial charge on any atom is 0.255 e. The van der Waals surface area contributed by atoms with Gasteiger partial charge in [-0.3, -0.25) is 4.79 Å². The van der Waals surface area contributed by atoms with E-state index in [0.29, 0.717) is 12.3 Å². The number of benzene rings is 1. The number of nitrogens with two attached hydrogens (primary N) is 1. The molecule has 0 aliphatic rings. The second-order valence-corrected chi connectivity index (χ2v) is 4.90. The molecule has 0 fully saturated rings. The van der Waals surface area contributed by atoms with Crippen molar-refractivity contribution in [1.29, 1.82) is 0 Å². The Morgan fingerprint density at radius 1 is 1.32 bits per heavy atom. The molecule has 0 atom stereocenters. The first-order valence-corrected chi connectivity index (χ1v) is 7.15. The fourth-order valence-electron chi connectivity index (χ4n) is 1.99. The average Bonchev–Trinajstić information content (AvgIpc) is 2.51. The molecule has 1 amide bonds. The summed E-state index contributed by atoms with van der Waals surface area (Å²) in [5.41, 5.74) is 7.10. The summed E-state index contributed by atoms with van der Waals surface area (Å²) in [6.45, 7) is 4.42. The monoisotopic (exact) mass is 300 g/mol. The number of hydrogen-bond acceptors (Lipinski definition) is 5. The summed E-state index contributed by atoms with van der Waals surface area (Å²) in [7, 11) is 0. The van der Waals surface area contributed by atoms with Gasteiger partial charge in [-0.15, -0.1) is 0 Å². The second-order valence-electron chi connectivity index (χ2n) is 4.90. The maximum absolute atomic E-state index is 10.7. The number of carbonyl (C=O) groups excluding carboxylic acids is 1. The Bertz CT molecular complexity index is 658. The summed E-state index contributed by atoms with van der Waals surface area (Å²) in [5.74, 6) is 1.67. The second kappa shape index (κ2) is 7.40. The molecule has 22 heavy (non-hydrogen) atoms. The number of amides is 1. The van der Waals surface area contributed by atoms with Gasteiger partial charge in [0.05, 0.1) is 0 Å². The molecule has 0 aliphatic carbocycles. The fraction of sp³-hybridized carbons (Fsp3) is 0.312. The van der Waals surface area contributed by atoms with E-state index in [-0.39, 0.29) is 6.61 Å². The van der Waals surface area contributed by atoms with Crippen LogP contribution in [0.25, 0.3) is 0 Å². The molecule has 3 N–H and O–H groups in total. The summed E-state index contributed by atoms with van der Waals surface area (Å²) in [5, 5.41) is 3.27. The van der Waals surface area contributed by atoms with E-state index in [1.807, 2.05) is 31.2 Å². The van der Waals surface area contributed by atoms with E-state index in [9.17, 15) is 4.79 Å². The Labute approximate surface area is 129 Å². The molecule has 0 bridgehead atoms. The van der Waals surface area contributed by atoms with Gasteiger partial charge in [0.1, 0.15) is 17.4 Å². The van der Waals surface area contributed by atoms with Crippen molar-refractivity contribution in [3.05, 3.63) is 47.4 Å². The van der Waals surface area contributed by atoms with E-state index >= 15 is 0 Å². The van der Waals surface area contributed by atoms with Gasteiger partial charge in [-0.1, -0.05) is 19.1 Å². The van der Waals surface area contributed by atoms with Gasteiger partial charge >= 0.3 is 0 Å². The summed E-state index contributed by atoms with van der Waals surface area (Å²) in [4.78, 5) is 19.4. The van der Waals surface area contributed by atoms with Crippen molar-refractivity contribution in [2.75, 3.05) is 11.9 Å². The number of anilines is 1. The number of nitrogens with one attached hydrogen (secondary N) is 1. The van der Waals surface area contributed by atoms with Crippen LogP contribution in [0.15, 0.2) is 30.3 Å². The van der Waals surface area contributed by atoms with E-state index in [2.05, 4.69) is 22.2 Å². The topological polar surface area (TPSA) is 90.1 Å². The van der Waals surface area contributed by atoms with Gasteiger partial charge in [-0.05, 0) is 31.0 Å². The molecular formula is C16H20N4O2. The van der Waals surface area contributed by atoms with Crippen molar-refractivity contribution < 1.29 is 9.53 Å². The van der Waals surface area contributed by atoms with E-state index in [1.54, 1.807) is 6.07 Å². The summed E-state index contributed by atoms with van der Waals surface area (Å²) in [6.07, 6.45) is 0.870. The van der Waals surface area contributed by atoms with E-state index < -0.39 is 5.91 Å². The lowest BCUT2D eigenvalue weighted by Crippen LogP contribution is -2.20. The Morgan fingerprint density at radius 3 is 2.86 bits per heavy atom. The van der Waals surface area contributed by atoms with Crippen molar-refractivity contribution in [3.8, 4) is 5.75 Å². The van der Waals surface area contributed by atoms with Crippen molar-refractivity contribution >= 4 is 11.7 Å². The Balaban J connectivity index is 2.00. The minimum Gasteiger partial charge on any atom is -0.484 e. The molecule has 0 radical (unpaired) electrons. The molecule has 2 rings (SSSR count). The summed E-state index contributed by atoms with van der Waals surface area (Å²) >= 11 is 0. The van der Waals surface area contributed by atoms with E-state index in [0.717, 1.165) is 29.3 Å². The molecule has 116 valence electrons. The van der Waals surface area contributed by atoms with Crippen LogP contribution in [-0.4, -0.2) is 22.5 Å². The number of primary amides is 1. The smallest absolute Gasteiger partial charge is 0.255 e. The van der Waals surface area contributed by atoms with Crippen LogP contribution < -0.4 is 15.8 Å². The van der Waals surface area contributed by atoms with Gasteiger partial charge in [0.2, 0.25) is 0 Å². The van der Waals surface area contributed by atoms with Crippen molar-refractivity contribution in [3.63, 3.8) is 0 Å². The minimum atomic E-state index is -0.493. The maximum atomic E-state index is 10.7. The van der Waals surface area contributed by atoms with Crippen LogP contribution in [0.5, 0.6) is 5.75 Å². The van der Waals surface area contributed by atoms with Crippen LogP contribution in [0.3, 0.4) is 0 Å². The molecule has 0 saturated carbocycles. The molecule has 0 spiro atoms. The standard InChI is InChI=1S/C16H20N4O2/c1-3-13-8-16(20-11(2)19-13)18-9-12-5-4-6-14(7-12)22-10-15(17)21/h4-8H,3,9-10H2,1-2H3,(H2,17,21)(H,18,19,20). The fourth-order valence-corrected chi connectivity index (χ4v) is 1.99. The van der Waals surface area contributed by atoms with Gasteiger partial charge in [-0.2, -0.15) is 0 Å². The zero-order valence-corrected chi connectivity index (χ0v) is 12.8. The number of aromatic nitrogens is 2. The van der Waals surface area contributed by atoms with Gasteiger partial charge < -0.3 is 15.8 Å². The van der Waals surface area contributed by atoms with Gasteiger partial charge in [0.15, 0.2) is 6.61 Å². The van der Waals surface area contributed by atoms with Gasteiger partial charge in [0.25, 0.3) is 5.91 Å². The highest BCUT2D eigenvalue weighted by Crippen LogP contribution is 2.15. The third kappa shape index (κ3) is 4.73. The molecule has 1 heterocycles. The van der Waals surface area contributed by atoms with E-state index in [4.69, 9.17) is 10.5 Å². The highest BCUT2D eigenvalue weighted by atomic mass is 16.5. The normalized spacial score (nSPS) is 10.3. The highest BCUT2D eigenvalue weighted by molar-refractivity contribution is 5.75. The van der Waals surface area contributed by atoms with Gasteiger partial charge in [0, 0.05) is 18.3 Å². The molecule has 1 aromatic carbocycles. The van der Waals surface area contributed by atoms with Crippen LogP contribution in [0.2, 0.25) is 0 Å². The lowest BCUT2D eigenvalue weighted by Gasteiger charge is -2.09. The van der Waals surface area contributed by atoms with Crippen LogP contribution in [0.4, 0.5) is 5.82 Å². The quantitative estimate of drug-likeness (QED) is 0.814. The predicted octanol–water partition coefficient (Wildman–Crippen LogP) is 1.82. The molecule has 6 nitrogen and oxygen atoms in total. The highest BCUT2D eigenvalue weighted by Gasteiger charge is 2.02. The van der Waals surface area contributed by atoms with Crippen LogP contribution in [0, 0.1) is 6.92 Å². The molecule has 0 unspecified atom stereocenters. The van der Waals surface area contributed by atoms with Crippen LogP contribution in [0.1, 0.15) is 24.0 Å². The minimum absolute atomic E-state index is 0.123. The number of nitrogens with zero attached hydrogens (tertiary/aromatic N) is 2. The first-order valence-electron chi connectivity index (χ1n) is 7.15. The third-order valence-electron chi connectivity index (χ3n) is 3.01. The predicted molar refractivity (Wildman–Crippen MR) is 84.6 cm³/mol. The molecule has 2 aromatic rings. The average molecular weight is 300 g/mol. The van der Waals surface area contributed by atoms with E-state index in [1.165, 1.54) is 0 Å². The first kappa shape index (κ1) is 15.8. The summed E-state index contributed by atoms with van der Waals surface area (Å²) in [6, 6.07) is 9.44. The van der Waals surface area contributed by atoms with Crippen molar-refractivity contribution in [2.45, 2.75) is 26.8 Å². The number of rotatable bonds is 7. The van der Waals surface area contributed by atoms with Crippen LogP contribution >= 0.6 is 0 Å². The Kier molecular flexibility index (Phi) is 5.30. The zero-order valence-electron chi connectivity index (χ0n) is 12.8. The third-order valence-corrected chi connectivity index (χ3v) is 3.01. The summed E-state index contributed by atoms with van der Waals surface area (Å²) < 4.78 is 5.29. The molecular weight excluding hydrogens is 280 g/mol. The van der Waals surface area contributed by atoms with Crippen molar-refractivity contribution in [2.24, 2.45) is 5.73 Å². The number of ether oxygens (including phenoxy) is 1. The molecule has 0 saturated heterocycles. The molecule has 0 aliphatic heterocycles. The number of aryl methyl sites for hydroxylation is 2. The first-order chi connectivity index (χ1) is 10.6. The zero-order chi connectivity index (χ0) is 15.9. The number of hydrogen-bond donors (Lipinski definition) is 2. The lowest BCUT2D eigenvalue weighted by molar-refractivity contribution is -0.119. The Morgan fingerprint density at radius 2 is 2.14 bits per heavy atom. The van der Waals surface area contributed by atoms with Crippen LogP contribution in [-0.2, 0) is 17.8 Å². The largest absolute Gasteiger partial charge is 0.484 e. The van der Waals surface area contributed by atoms with Gasteiger partial charge in [-0.25, -0.2) is 9.97 Å². The van der Waals surface area contributed by atoms with Crippen molar-refractivity contribution in [1.82, 2.24) is 9.97 Å². The lowest BCUT2D eigenvalue weighted by atomic mass is 10.2. The molecule has 6 heteroatoms. The Hall–Kier alpha value is -2.63. The molecule has 1 aromatic heterocycles. The number of carbonyl (C=O) groups is 1.